The fourth-order valence-electron chi connectivity index (χ4n) is 3.16. The molecule has 0 radical (unpaired) electrons. The summed E-state index contributed by atoms with van der Waals surface area (Å²) in [6.07, 6.45) is 0.868. The van der Waals surface area contributed by atoms with Gasteiger partial charge in [-0.1, -0.05) is 0 Å². The summed E-state index contributed by atoms with van der Waals surface area (Å²) in [5, 5.41) is 2.82. The molecule has 2 atom stereocenters. The highest BCUT2D eigenvalue weighted by Gasteiger charge is 2.45. The van der Waals surface area contributed by atoms with Gasteiger partial charge in [0.15, 0.2) is 0 Å². The van der Waals surface area contributed by atoms with Crippen molar-refractivity contribution >= 4 is 21.8 Å². The highest BCUT2D eigenvalue weighted by molar-refractivity contribution is 7.89. The summed E-state index contributed by atoms with van der Waals surface area (Å²) in [6, 6.07) is -0.694. The number of methoxy groups -OCH3 is 2. The Kier molecular flexibility index (Phi) is 6.55. The molecule has 24 heavy (non-hydrogen) atoms. The number of fused-ring (bicyclic) bond motifs is 1. The van der Waals surface area contributed by atoms with Gasteiger partial charge in [0.05, 0.1) is 11.8 Å². The van der Waals surface area contributed by atoms with Crippen LogP contribution in [0.4, 0.5) is 0 Å². The van der Waals surface area contributed by atoms with Crippen molar-refractivity contribution in [1.82, 2.24) is 14.5 Å². The average molecular weight is 363 g/mol. The lowest BCUT2D eigenvalue weighted by Gasteiger charge is -2.23. The van der Waals surface area contributed by atoms with Crippen LogP contribution in [0.15, 0.2) is 0 Å². The van der Waals surface area contributed by atoms with Crippen molar-refractivity contribution in [2.75, 3.05) is 52.8 Å². The predicted octanol–water partition coefficient (Wildman–Crippen LogP) is -1.60. The SMILES string of the molecule is COCCCN1C(=O)C2CC(NC(=O)COC)CN2CCS1(=O)=O. The van der Waals surface area contributed by atoms with Crippen molar-refractivity contribution in [2.45, 2.75) is 24.9 Å². The van der Waals surface area contributed by atoms with Crippen molar-refractivity contribution in [3.63, 3.8) is 0 Å². The molecular weight excluding hydrogens is 338 g/mol. The van der Waals surface area contributed by atoms with Gasteiger partial charge >= 0.3 is 0 Å². The summed E-state index contributed by atoms with van der Waals surface area (Å²) in [5.74, 6) is -0.745. The van der Waals surface area contributed by atoms with Crippen molar-refractivity contribution in [1.29, 1.82) is 0 Å². The molecule has 2 amide bonds. The van der Waals surface area contributed by atoms with Crippen molar-refractivity contribution in [2.24, 2.45) is 0 Å². The van der Waals surface area contributed by atoms with Gasteiger partial charge in [0.25, 0.3) is 5.91 Å². The molecule has 0 aliphatic carbocycles. The molecule has 10 heteroatoms. The fourth-order valence-corrected chi connectivity index (χ4v) is 4.65. The van der Waals surface area contributed by atoms with E-state index in [1.54, 1.807) is 0 Å². The standard InChI is InChI=1S/C14H25N3O6S/c1-22-6-3-4-17-14(19)12-8-11(15-13(18)10-23-2)9-16(12)5-7-24(17,20)21/h11-12H,3-10H2,1-2H3,(H,15,18). The monoisotopic (exact) mass is 363 g/mol. The molecule has 0 spiro atoms. The molecule has 2 saturated heterocycles. The summed E-state index contributed by atoms with van der Waals surface area (Å²) in [7, 11) is -0.631. The van der Waals surface area contributed by atoms with E-state index in [1.807, 2.05) is 4.90 Å². The maximum Gasteiger partial charge on any atom is 0.253 e. The van der Waals surface area contributed by atoms with Crippen LogP contribution in [0.2, 0.25) is 0 Å². The van der Waals surface area contributed by atoms with E-state index in [4.69, 9.17) is 9.47 Å². The number of nitrogens with one attached hydrogen (secondary N) is 1. The van der Waals surface area contributed by atoms with E-state index in [2.05, 4.69) is 5.32 Å². The number of rotatable bonds is 7. The number of hydrogen-bond acceptors (Lipinski definition) is 7. The summed E-state index contributed by atoms with van der Waals surface area (Å²) >= 11 is 0. The number of ether oxygens (including phenoxy) is 2. The smallest absolute Gasteiger partial charge is 0.253 e. The maximum atomic E-state index is 12.7. The zero-order valence-corrected chi connectivity index (χ0v) is 14.9. The second-order valence-electron chi connectivity index (χ2n) is 6.02. The molecular formula is C14H25N3O6S. The normalized spacial score (nSPS) is 26.9. The summed E-state index contributed by atoms with van der Waals surface area (Å²) in [6.45, 7) is 1.24. The second kappa shape index (κ2) is 8.24. The molecule has 9 nitrogen and oxygen atoms in total. The Labute approximate surface area is 142 Å². The third-order valence-corrected chi connectivity index (χ3v) is 5.99. The lowest BCUT2D eigenvalue weighted by atomic mass is 10.1. The second-order valence-corrected chi connectivity index (χ2v) is 8.03. The first kappa shape index (κ1) is 19.1. The van der Waals surface area contributed by atoms with Gasteiger partial charge in [0.2, 0.25) is 15.9 Å². The first-order valence-electron chi connectivity index (χ1n) is 7.94. The average Bonchev–Trinajstić information content (AvgIpc) is 2.88. The number of carbonyl (C=O) groups excluding carboxylic acids is 2. The van der Waals surface area contributed by atoms with E-state index in [0.717, 1.165) is 4.31 Å². The third kappa shape index (κ3) is 4.44. The van der Waals surface area contributed by atoms with Gasteiger partial charge in [0.1, 0.15) is 6.61 Å². The van der Waals surface area contributed by atoms with Gasteiger partial charge in [-0.25, -0.2) is 12.7 Å². The van der Waals surface area contributed by atoms with Crippen LogP contribution < -0.4 is 5.32 Å². The minimum atomic E-state index is -3.60. The molecule has 2 unspecified atom stereocenters. The Morgan fingerprint density at radius 2 is 2.08 bits per heavy atom. The number of amides is 2. The molecule has 2 aliphatic heterocycles. The Morgan fingerprint density at radius 3 is 2.75 bits per heavy atom. The Hall–Kier alpha value is -1.23. The molecule has 1 N–H and O–H groups in total. The summed E-state index contributed by atoms with van der Waals surface area (Å²) in [4.78, 5) is 26.2. The van der Waals surface area contributed by atoms with Crippen LogP contribution >= 0.6 is 0 Å². The van der Waals surface area contributed by atoms with Gasteiger partial charge in [-0.3, -0.25) is 14.5 Å². The molecule has 2 fully saturated rings. The highest BCUT2D eigenvalue weighted by atomic mass is 32.2. The molecule has 2 rings (SSSR count). The van der Waals surface area contributed by atoms with Crippen LogP contribution in [0.25, 0.3) is 0 Å². The van der Waals surface area contributed by atoms with E-state index in [0.29, 0.717) is 26.0 Å². The van der Waals surface area contributed by atoms with Gasteiger partial charge < -0.3 is 14.8 Å². The van der Waals surface area contributed by atoms with E-state index in [1.165, 1.54) is 14.2 Å². The molecule has 0 saturated carbocycles. The van der Waals surface area contributed by atoms with Gasteiger partial charge in [-0.05, 0) is 12.8 Å². The number of hydrogen-bond donors (Lipinski definition) is 1. The van der Waals surface area contributed by atoms with Crippen LogP contribution in [0.1, 0.15) is 12.8 Å². The Balaban J connectivity index is 2.05. The first-order chi connectivity index (χ1) is 11.4. The lowest BCUT2D eigenvalue weighted by molar-refractivity contribution is -0.131. The minimum absolute atomic E-state index is 0.0351. The van der Waals surface area contributed by atoms with E-state index >= 15 is 0 Å². The van der Waals surface area contributed by atoms with Gasteiger partial charge in [-0.2, -0.15) is 0 Å². The maximum absolute atomic E-state index is 12.7. The van der Waals surface area contributed by atoms with Crippen LogP contribution in [-0.2, 0) is 29.1 Å². The van der Waals surface area contributed by atoms with E-state index in [-0.39, 0.29) is 37.4 Å². The predicted molar refractivity (Wildman–Crippen MR) is 85.8 cm³/mol. The largest absolute Gasteiger partial charge is 0.385 e. The van der Waals surface area contributed by atoms with Crippen LogP contribution in [0.5, 0.6) is 0 Å². The van der Waals surface area contributed by atoms with Crippen molar-refractivity contribution < 1.29 is 27.5 Å². The quantitative estimate of drug-likeness (QED) is 0.543. The molecule has 138 valence electrons. The number of nitrogens with zero attached hydrogens (tertiary/aromatic N) is 2. The fraction of sp³-hybridized carbons (Fsp3) is 0.857. The zero-order valence-electron chi connectivity index (χ0n) is 14.1. The van der Waals surface area contributed by atoms with Crippen LogP contribution in [0, 0.1) is 0 Å². The van der Waals surface area contributed by atoms with E-state index < -0.39 is 22.0 Å². The molecule has 0 aromatic carbocycles. The summed E-state index contributed by atoms with van der Waals surface area (Å²) in [5.41, 5.74) is 0. The van der Waals surface area contributed by atoms with Crippen LogP contribution in [0.3, 0.4) is 0 Å². The number of sulfonamides is 1. The van der Waals surface area contributed by atoms with Gasteiger partial charge in [0, 0.05) is 46.5 Å². The van der Waals surface area contributed by atoms with Crippen molar-refractivity contribution in [3.05, 3.63) is 0 Å². The van der Waals surface area contributed by atoms with Crippen LogP contribution in [-0.4, -0.2) is 94.3 Å². The first-order valence-corrected chi connectivity index (χ1v) is 9.55. The van der Waals surface area contributed by atoms with Gasteiger partial charge in [-0.15, -0.1) is 0 Å². The Morgan fingerprint density at radius 1 is 1.33 bits per heavy atom. The topological polar surface area (TPSA) is 105 Å². The van der Waals surface area contributed by atoms with E-state index in [9.17, 15) is 18.0 Å². The third-order valence-electron chi connectivity index (χ3n) is 4.26. The number of carbonyl (C=O) groups is 2. The molecule has 2 heterocycles. The Bertz CT molecular complexity index is 567. The highest BCUT2D eigenvalue weighted by Crippen LogP contribution is 2.24. The summed E-state index contributed by atoms with van der Waals surface area (Å²) < 4.78 is 35.4. The minimum Gasteiger partial charge on any atom is -0.385 e. The molecule has 0 bridgehead atoms. The molecule has 0 aromatic heterocycles. The lowest BCUT2D eigenvalue weighted by Crippen LogP contribution is -2.44. The molecule has 2 aliphatic rings. The zero-order chi connectivity index (χ0) is 17.7. The molecule has 0 aromatic rings. The van der Waals surface area contributed by atoms with Crippen molar-refractivity contribution in [3.8, 4) is 0 Å².